The van der Waals surface area contributed by atoms with Crippen molar-refractivity contribution in [3.8, 4) is 0 Å². The third-order valence-corrected chi connectivity index (χ3v) is 3.11. The summed E-state index contributed by atoms with van der Waals surface area (Å²) in [6, 6.07) is 7.98. The number of carbonyl (C=O) groups is 1. The van der Waals surface area contributed by atoms with Crippen LogP contribution in [0.4, 0.5) is 0 Å². The average molecular weight is 246 g/mol. The fourth-order valence-electron chi connectivity index (χ4n) is 2.32. The van der Waals surface area contributed by atoms with E-state index in [0.717, 1.165) is 16.7 Å². The van der Waals surface area contributed by atoms with E-state index >= 15 is 0 Å². The average Bonchev–Trinajstić information content (AvgIpc) is 2.25. The Morgan fingerprint density at radius 1 is 1.06 bits per heavy atom. The Morgan fingerprint density at radius 2 is 1.61 bits per heavy atom. The summed E-state index contributed by atoms with van der Waals surface area (Å²) >= 11 is 0. The van der Waals surface area contributed by atoms with Crippen LogP contribution in [0.15, 0.2) is 29.8 Å². The lowest BCUT2D eigenvalue weighted by Gasteiger charge is -2.20. The smallest absolute Gasteiger partial charge is 0.332 e. The molecule has 0 aromatic heterocycles. The van der Waals surface area contributed by atoms with Gasteiger partial charge in [-0.15, -0.1) is 0 Å². The molecule has 0 bridgehead atoms. The first-order chi connectivity index (χ1) is 8.36. The maximum Gasteiger partial charge on any atom is 0.332 e. The van der Waals surface area contributed by atoms with Gasteiger partial charge in [-0.1, -0.05) is 52.0 Å². The second kappa shape index (κ2) is 5.85. The van der Waals surface area contributed by atoms with Gasteiger partial charge in [0.05, 0.1) is 0 Å². The summed E-state index contributed by atoms with van der Waals surface area (Å²) < 4.78 is 0. The third-order valence-electron chi connectivity index (χ3n) is 3.11. The van der Waals surface area contributed by atoms with Gasteiger partial charge in [0.15, 0.2) is 0 Å². The molecule has 2 nitrogen and oxygen atoms in total. The van der Waals surface area contributed by atoms with Crippen molar-refractivity contribution >= 4 is 11.5 Å². The molecule has 2 heteroatoms. The van der Waals surface area contributed by atoms with Crippen LogP contribution in [-0.2, 0) is 4.79 Å². The zero-order valence-electron chi connectivity index (χ0n) is 11.8. The predicted octanol–water partition coefficient (Wildman–Crippen LogP) is 4.15. The Bertz CT molecular complexity index is 468. The van der Waals surface area contributed by atoms with Crippen molar-refractivity contribution in [2.45, 2.75) is 34.6 Å². The van der Waals surface area contributed by atoms with Crippen LogP contribution in [0.5, 0.6) is 0 Å². The van der Waals surface area contributed by atoms with Crippen molar-refractivity contribution in [3.05, 3.63) is 41.0 Å². The minimum Gasteiger partial charge on any atom is -0.478 e. The second-order valence-corrected chi connectivity index (χ2v) is 5.26. The number of aryl methyl sites for hydroxylation is 1. The molecule has 0 fully saturated rings. The molecule has 0 atom stereocenters. The van der Waals surface area contributed by atoms with Crippen LogP contribution >= 0.6 is 0 Å². The van der Waals surface area contributed by atoms with E-state index in [2.05, 4.69) is 0 Å². The molecule has 0 unspecified atom stereocenters. The summed E-state index contributed by atoms with van der Waals surface area (Å²) in [6.45, 7) is 9.99. The van der Waals surface area contributed by atoms with E-state index in [1.54, 1.807) is 0 Å². The number of hydrogen-bond acceptors (Lipinski definition) is 1. The molecule has 0 aliphatic heterocycles. The maximum atomic E-state index is 11.5. The molecular weight excluding hydrogens is 224 g/mol. The van der Waals surface area contributed by atoms with Crippen LogP contribution in [-0.4, -0.2) is 11.1 Å². The molecule has 1 N–H and O–H groups in total. The highest BCUT2D eigenvalue weighted by Crippen LogP contribution is 2.32. The molecule has 1 aromatic carbocycles. The van der Waals surface area contributed by atoms with Crippen molar-refractivity contribution in [2.75, 3.05) is 0 Å². The summed E-state index contributed by atoms with van der Waals surface area (Å²) in [7, 11) is 0. The van der Waals surface area contributed by atoms with Crippen molar-refractivity contribution in [1.82, 2.24) is 0 Å². The van der Waals surface area contributed by atoms with E-state index in [9.17, 15) is 9.90 Å². The minimum atomic E-state index is -0.808. The number of hydrogen-bond donors (Lipinski definition) is 1. The lowest BCUT2D eigenvalue weighted by molar-refractivity contribution is -0.133. The van der Waals surface area contributed by atoms with Crippen molar-refractivity contribution in [1.29, 1.82) is 0 Å². The SMILES string of the molecule is Cc1ccccc1C(=C(C(=O)O)C(C)C)C(C)C. The monoisotopic (exact) mass is 246 g/mol. The van der Waals surface area contributed by atoms with Gasteiger partial charge in [0, 0.05) is 5.57 Å². The lowest BCUT2D eigenvalue weighted by Crippen LogP contribution is -2.13. The Hall–Kier alpha value is -1.57. The van der Waals surface area contributed by atoms with Crippen LogP contribution in [0.3, 0.4) is 0 Å². The van der Waals surface area contributed by atoms with Gasteiger partial charge in [0.1, 0.15) is 0 Å². The topological polar surface area (TPSA) is 37.3 Å². The van der Waals surface area contributed by atoms with E-state index in [-0.39, 0.29) is 11.8 Å². The number of carboxylic acids is 1. The molecule has 0 aliphatic rings. The van der Waals surface area contributed by atoms with Crippen LogP contribution in [0.25, 0.3) is 5.57 Å². The van der Waals surface area contributed by atoms with Gasteiger partial charge in [-0.3, -0.25) is 0 Å². The zero-order chi connectivity index (χ0) is 13.9. The van der Waals surface area contributed by atoms with Crippen molar-refractivity contribution < 1.29 is 9.90 Å². The summed E-state index contributed by atoms with van der Waals surface area (Å²) in [5.74, 6) is -0.601. The number of allylic oxidation sites excluding steroid dienone is 1. The maximum absolute atomic E-state index is 11.5. The zero-order valence-corrected chi connectivity index (χ0v) is 11.8. The molecule has 0 saturated carbocycles. The number of carboxylic acid groups (broad SMARTS) is 1. The molecule has 18 heavy (non-hydrogen) atoms. The van der Waals surface area contributed by atoms with Crippen LogP contribution < -0.4 is 0 Å². The Morgan fingerprint density at radius 3 is 2.00 bits per heavy atom. The molecular formula is C16H22O2. The Balaban J connectivity index is 3.56. The van der Waals surface area contributed by atoms with Crippen molar-refractivity contribution in [3.63, 3.8) is 0 Å². The molecule has 1 rings (SSSR count). The predicted molar refractivity (Wildman–Crippen MR) is 75.4 cm³/mol. The molecule has 0 spiro atoms. The van der Waals surface area contributed by atoms with Gasteiger partial charge in [-0.05, 0) is 35.5 Å². The highest BCUT2D eigenvalue weighted by Gasteiger charge is 2.22. The van der Waals surface area contributed by atoms with E-state index in [0.29, 0.717) is 5.57 Å². The highest BCUT2D eigenvalue weighted by atomic mass is 16.4. The molecule has 0 radical (unpaired) electrons. The van der Waals surface area contributed by atoms with Crippen LogP contribution in [0.2, 0.25) is 0 Å². The molecule has 0 amide bonds. The number of benzene rings is 1. The number of rotatable bonds is 4. The molecule has 98 valence electrons. The highest BCUT2D eigenvalue weighted by molar-refractivity contribution is 5.97. The van der Waals surface area contributed by atoms with E-state index in [1.165, 1.54) is 0 Å². The van der Waals surface area contributed by atoms with E-state index in [4.69, 9.17) is 0 Å². The minimum absolute atomic E-state index is 0.0134. The largest absolute Gasteiger partial charge is 0.478 e. The standard InChI is InChI=1S/C16H22O2/c1-10(2)14(15(11(3)4)16(17)18)13-9-7-6-8-12(13)5/h6-11H,1-5H3,(H,17,18). The summed E-state index contributed by atoms with van der Waals surface area (Å²) in [5, 5.41) is 9.46. The Kier molecular flexibility index (Phi) is 4.71. The molecule has 0 aliphatic carbocycles. The van der Waals surface area contributed by atoms with Gasteiger partial charge in [0.25, 0.3) is 0 Å². The fraction of sp³-hybridized carbons (Fsp3) is 0.438. The summed E-state index contributed by atoms with van der Waals surface area (Å²) in [5.41, 5.74) is 3.66. The second-order valence-electron chi connectivity index (χ2n) is 5.26. The van der Waals surface area contributed by atoms with Gasteiger partial charge >= 0.3 is 5.97 Å². The quantitative estimate of drug-likeness (QED) is 0.810. The normalized spacial score (nSPS) is 12.8. The first-order valence-corrected chi connectivity index (χ1v) is 6.39. The van der Waals surface area contributed by atoms with E-state index in [1.807, 2.05) is 58.9 Å². The van der Waals surface area contributed by atoms with Gasteiger partial charge < -0.3 is 5.11 Å². The van der Waals surface area contributed by atoms with Crippen LogP contribution in [0, 0.1) is 18.8 Å². The summed E-state index contributed by atoms with van der Waals surface area (Å²) in [6.07, 6.45) is 0. The van der Waals surface area contributed by atoms with Gasteiger partial charge in [-0.25, -0.2) is 4.79 Å². The van der Waals surface area contributed by atoms with Crippen LogP contribution in [0.1, 0.15) is 38.8 Å². The Labute approximate surface area is 109 Å². The van der Waals surface area contributed by atoms with Crippen molar-refractivity contribution in [2.24, 2.45) is 11.8 Å². The van der Waals surface area contributed by atoms with E-state index < -0.39 is 5.97 Å². The summed E-state index contributed by atoms with van der Waals surface area (Å²) in [4.78, 5) is 11.5. The van der Waals surface area contributed by atoms with Gasteiger partial charge in [0.2, 0.25) is 0 Å². The first-order valence-electron chi connectivity index (χ1n) is 6.39. The molecule has 1 aromatic rings. The van der Waals surface area contributed by atoms with Gasteiger partial charge in [-0.2, -0.15) is 0 Å². The first kappa shape index (κ1) is 14.5. The lowest BCUT2D eigenvalue weighted by atomic mass is 9.84. The fourth-order valence-corrected chi connectivity index (χ4v) is 2.32. The number of aliphatic carboxylic acids is 1. The molecule has 0 heterocycles. The molecule has 0 saturated heterocycles. The third kappa shape index (κ3) is 3.00.